The largest absolute Gasteiger partial charge is 0.472 e. The first-order chi connectivity index (χ1) is 8.97. The molecule has 2 aromatic rings. The predicted molar refractivity (Wildman–Crippen MR) is 65.4 cm³/mol. The summed E-state index contributed by atoms with van der Waals surface area (Å²) >= 11 is 0. The Labute approximate surface area is 109 Å². The van der Waals surface area contributed by atoms with Crippen LogP contribution in [0.4, 0.5) is 13.2 Å². The van der Waals surface area contributed by atoms with Crippen LogP contribution < -0.4 is 5.32 Å². The summed E-state index contributed by atoms with van der Waals surface area (Å²) in [7, 11) is 0. The van der Waals surface area contributed by atoms with E-state index < -0.39 is 11.7 Å². The van der Waals surface area contributed by atoms with Crippen LogP contribution in [-0.2, 0) is 12.7 Å². The summed E-state index contributed by atoms with van der Waals surface area (Å²) < 4.78 is 42.8. The molecule has 1 aromatic carbocycles. The van der Waals surface area contributed by atoms with Crippen LogP contribution in [0.15, 0.2) is 47.3 Å². The molecule has 0 bridgehead atoms. The normalized spacial score (nSPS) is 13.5. The zero-order chi connectivity index (χ0) is 13.9. The van der Waals surface area contributed by atoms with Gasteiger partial charge in [0.25, 0.3) is 0 Å². The van der Waals surface area contributed by atoms with E-state index in [0.29, 0.717) is 12.1 Å². The average Bonchev–Trinajstić information content (AvgIpc) is 2.88. The lowest BCUT2D eigenvalue weighted by molar-refractivity contribution is -0.137. The van der Waals surface area contributed by atoms with Gasteiger partial charge in [-0.05, 0) is 30.7 Å². The second-order valence-corrected chi connectivity index (χ2v) is 4.36. The number of hydrogen-bond donors (Lipinski definition) is 1. The van der Waals surface area contributed by atoms with Crippen molar-refractivity contribution in [3.05, 3.63) is 59.5 Å². The van der Waals surface area contributed by atoms with E-state index in [4.69, 9.17) is 4.42 Å². The van der Waals surface area contributed by atoms with Crippen molar-refractivity contribution in [2.75, 3.05) is 0 Å². The van der Waals surface area contributed by atoms with Gasteiger partial charge in [-0.25, -0.2) is 0 Å². The number of nitrogens with one attached hydrogen (secondary N) is 1. The first-order valence-corrected chi connectivity index (χ1v) is 5.88. The maximum absolute atomic E-state index is 12.6. The Morgan fingerprint density at radius 2 is 2.05 bits per heavy atom. The third kappa shape index (κ3) is 3.61. The van der Waals surface area contributed by atoms with Crippen molar-refractivity contribution in [2.24, 2.45) is 0 Å². The van der Waals surface area contributed by atoms with Gasteiger partial charge in [0.1, 0.15) is 0 Å². The minimum absolute atomic E-state index is 0.169. The molecular formula is C14H14F3NO. The van der Waals surface area contributed by atoms with Crippen molar-refractivity contribution < 1.29 is 17.6 Å². The van der Waals surface area contributed by atoms with Gasteiger partial charge in [0.15, 0.2) is 0 Å². The molecule has 0 aliphatic rings. The molecule has 2 rings (SSSR count). The van der Waals surface area contributed by atoms with E-state index in [0.717, 1.165) is 11.6 Å². The Morgan fingerprint density at radius 3 is 2.68 bits per heavy atom. The molecule has 1 atom stereocenters. The molecule has 1 N–H and O–H groups in total. The van der Waals surface area contributed by atoms with Crippen LogP contribution in [0.5, 0.6) is 0 Å². The van der Waals surface area contributed by atoms with Crippen molar-refractivity contribution >= 4 is 0 Å². The zero-order valence-corrected chi connectivity index (χ0v) is 10.4. The van der Waals surface area contributed by atoms with E-state index >= 15 is 0 Å². The lowest BCUT2D eigenvalue weighted by atomic mass is 10.0. The van der Waals surface area contributed by atoms with Crippen LogP contribution in [0.1, 0.15) is 29.7 Å². The number of hydrogen-bond acceptors (Lipinski definition) is 2. The van der Waals surface area contributed by atoms with Gasteiger partial charge in [-0.2, -0.15) is 13.2 Å². The molecule has 1 aromatic heterocycles. The van der Waals surface area contributed by atoms with E-state index in [1.54, 1.807) is 18.6 Å². The maximum Gasteiger partial charge on any atom is 0.416 e. The van der Waals surface area contributed by atoms with Crippen LogP contribution in [0, 0.1) is 0 Å². The zero-order valence-electron chi connectivity index (χ0n) is 10.4. The molecule has 0 spiro atoms. The summed E-state index contributed by atoms with van der Waals surface area (Å²) in [6.07, 6.45) is -1.14. The molecule has 1 heterocycles. The summed E-state index contributed by atoms with van der Waals surface area (Å²) in [5.41, 5.74) is 0.944. The van der Waals surface area contributed by atoms with Crippen LogP contribution in [0.25, 0.3) is 0 Å². The standard InChI is InChI=1S/C14H14F3NO/c1-10(18-8-11-5-6-19-9-11)12-3-2-4-13(7-12)14(15,16)17/h2-7,9-10,18H,8H2,1H3. The highest BCUT2D eigenvalue weighted by atomic mass is 19.4. The second-order valence-electron chi connectivity index (χ2n) is 4.36. The lowest BCUT2D eigenvalue weighted by Gasteiger charge is -2.15. The number of halogens is 3. The van der Waals surface area contributed by atoms with Crippen LogP contribution >= 0.6 is 0 Å². The van der Waals surface area contributed by atoms with Crippen molar-refractivity contribution in [3.8, 4) is 0 Å². The maximum atomic E-state index is 12.6. The SMILES string of the molecule is CC(NCc1ccoc1)c1cccc(C(F)(F)F)c1. The fraction of sp³-hybridized carbons (Fsp3) is 0.286. The van der Waals surface area contributed by atoms with Crippen molar-refractivity contribution in [3.63, 3.8) is 0 Å². The molecule has 0 fully saturated rings. The Bertz CT molecular complexity index is 520. The van der Waals surface area contributed by atoms with Gasteiger partial charge in [0, 0.05) is 18.2 Å². The monoisotopic (exact) mass is 269 g/mol. The molecule has 1 unspecified atom stereocenters. The smallest absolute Gasteiger partial charge is 0.416 e. The highest BCUT2D eigenvalue weighted by molar-refractivity contribution is 5.27. The van der Waals surface area contributed by atoms with Gasteiger partial charge in [0.05, 0.1) is 18.1 Å². The van der Waals surface area contributed by atoms with Crippen LogP contribution in [0.2, 0.25) is 0 Å². The van der Waals surface area contributed by atoms with Gasteiger partial charge in [-0.15, -0.1) is 0 Å². The fourth-order valence-corrected chi connectivity index (χ4v) is 1.77. The highest BCUT2D eigenvalue weighted by Crippen LogP contribution is 2.30. The molecule has 19 heavy (non-hydrogen) atoms. The number of furan rings is 1. The molecule has 2 nitrogen and oxygen atoms in total. The van der Waals surface area contributed by atoms with E-state index in [2.05, 4.69) is 5.32 Å². The van der Waals surface area contributed by atoms with Crippen molar-refractivity contribution in [1.82, 2.24) is 5.32 Å². The Hall–Kier alpha value is -1.75. The van der Waals surface area contributed by atoms with Crippen LogP contribution in [-0.4, -0.2) is 0 Å². The molecule has 0 saturated heterocycles. The van der Waals surface area contributed by atoms with Crippen LogP contribution in [0.3, 0.4) is 0 Å². The summed E-state index contributed by atoms with van der Waals surface area (Å²) in [6.45, 7) is 2.38. The first kappa shape index (κ1) is 13.7. The van der Waals surface area contributed by atoms with E-state index in [1.807, 2.05) is 13.0 Å². The number of rotatable bonds is 4. The fourth-order valence-electron chi connectivity index (χ4n) is 1.77. The lowest BCUT2D eigenvalue weighted by Crippen LogP contribution is -2.18. The summed E-state index contributed by atoms with van der Waals surface area (Å²) in [4.78, 5) is 0. The third-order valence-corrected chi connectivity index (χ3v) is 2.91. The number of benzene rings is 1. The van der Waals surface area contributed by atoms with Gasteiger partial charge in [-0.3, -0.25) is 0 Å². The summed E-state index contributed by atoms with van der Waals surface area (Å²) in [5, 5.41) is 3.15. The molecule has 0 saturated carbocycles. The predicted octanol–water partition coefficient (Wildman–Crippen LogP) is 4.15. The van der Waals surface area contributed by atoms with Crippen molar-refractivity contribution in [2.45, 2.75) is 25.7 Å². The minimum Gasteiger partial charge on any atom is -0.472 e. The Morgan fingerprint density at radius 1 is 1.26 bits per heavy atom. The van der Waals surface area contributed by atoms with E-state index in [-0.39, 0.29) is 6.04 Å². The Balaban J connectivity index is 2.04. The molecule has 102 valence electrons. The Kier molecular flexibility index (Phi) is 3.95. The van der Waals surface area contributed by atoms with E-state index in [1.165, 1.54) is 12.1 Å². The second kappa shape index (κ2) is 5.48. The molecule has 5 heteroatoms. The quantitative estimate of drug-likeness (QED) is 0.902. The van der Waals surface area contributed by atoms with Crippen molar-refractivity contribution in [1.29, 1.82) is 0 Å². The highest BCUT2D eigenvalue weighted by Gasteiger charge is 2.30. The topological polar surface area (TPSA) is 25.2 Å². The number of alkyl halides is 3. The van der Waals surface area contributed by atoms with Gasteiger partial charge in [0.2, 0.25) is 0 Å². The molecule has 0 aliphatic carbocycles. The first-order valence-electron chi connectivity index (χ1n) is 5.88. The summed E-state index contributed by atoms with van der Waals surface area (Å²) in [5.74, 6) is 0. The van der Waals surface area contributed by atoms with E-state index in [9.17, 15) is 13.2 Å². The van der Waals surface area contributed by atoms with Gasteiger partial charge in [-0.1, -0.05) is 12.1 Å². The minimum atomic E-state index is -4.31. The summed E-state index contributed by atoms with van der Waals surface area (Å²) in [6, 6.07) is 7.00. The van der Waals surface area contributed by atoms with Gasteiger partial charge < -0.3 is 9.73 Å². The molecule has 0 radical (unpaired) electrons. The molecule has 0 aliphatic heterocycles. The third-order valence-electron chi connectivity index (χ3n) is 2.91. The molecule has 0 amide bonds. The average molecular weight is 269 g/mol. The molecular weight excluding hydrogens is 255 g/mol. The van der Waals surface area contributed by atoms with Gasteiger partial charge >= 0.3 is 6.18 Å².